The maximum absolute atomic E-state index is 12.5. The molecule has 0 aliphatic rings. The number of hydrogen-bond acceptors (Lipinski definition) is 3. The van der Waals surface area contributed by atoms with Crippen molar-refractivity contribution in [2.45, 2.75) is 6.18 Å². The van der Waals surface area contributed by atoms with Crippen LogP contribution in [0.25, 0.3) is 0 Å². The molecule has 2 aromatic rings. The van der Waals surface area contributed by atoms with E-state index in [1.807, 2.05) is 0 Å². The predicted octanol–water partition coefficient (Wildman–Crippen LogP) is 3.40. The Kier molecular flexibility index (Phi) is 3.89. The second-order valence-electron chi connectivity index (χ2n) is 3.77. The van der Waals surface area contributed by atoms with Gasteiger partial charge in [-0.25, -0.2) is 0 Å². The lowest BCUT2D eigenvalue weighted by Gasteiger charge is -2.08. The number of hydrogen-bond donors (Lipinski definition) is 1. The number of amides is 1. The highest BCUT2D eigenvalue weighted by molar-refractivity contribution is 6.29. The summed E-state index contributed by atoms with van der Waals surface area (Å²) >= 11 is 5.52. The van der Waals surface area contributed by atoms with Crippen LogP contribution in [0, 0.1) is 0 Å². The lowest BCUT2D eigenvalue weighted by molar-refractivity contribution is -0.137. The fourth-order valence-corrected chi connectivity index (χ4v) is 1.51. The summed E-state index contributed by atoms with van der Waals surface area (Å²) in [6.07, 6.45) is -4.50. The van der Waals surface area contributed by atoms with E-state index in [9.17, 15) is 18.0 Å². The summed E-state index contributed by atoms with van der Waals surface area (Å²) in [7, 11) is 0. The first kappa shape index (κ1) is 14.3. The zero-order valence-electron chi connectivity index (χ0n) is 9.78. The van der Waals surface area contributed by atoms with E-state index in [1.54, 1.807) is 0 Å². The Labute approximate surface area is 116 Å². The number of nitrogens with one attached hydrogen (secondary N) is 1. The molecule has 1 amide bonds. The quantitative estimate of drug-likeness (QED) is 0.925. The van der Waals surface area contributed by atoms with Gasteiger partial charge in [0, 0.05) is 5.56 Å². The summed E-state index contributed by atoms with van der Waals surface area (Å²) in [6.45, 7) is 0. The molecule has 0 saturated heterocycles. The maximum Gasteiger partial charge on any atom is 0.416 e. The minimum absolute atomic E-state index is 0.0943. The summed E-state index contributed by atoms with van der Waals surface area (Å²) in [6, 6.07) is 6.87. The van der Waals surface area contributed by atoms with E-state index < -0.39 is 17.6 Å². The Balaban J connectivity index is 2.19. The van der Waals surface area contributed by atoms with Crippen molar-refractivity contribution in [3.05, 3.63) is 52.7 Å². The molecule has 0 aliphatic heterocycles. The van der Waals surface area contributed by atoms with Gasteiger partial charge in [0.25, 0.3) is 5.91 Å². The van der Waals surface area contributed by atoms with Gasteiger partial charge in [0.2, 0.25) is 0 Å². The number of alkyl halides is 3. The van der Waals surface area contributed by atoms with Gasteiger partial charge in [-0.05, 0) is 30.3 Å². The van der Waals surface area contributed by atoms with Crippen molar-refractivity contribution in [1.29, 1.82) is 0 Å². The van der Waals surface area contributed by atoms with Crippen LogP contribution in [0.4, 0.5) is 19.0 Å². The normalized spacial score (nSPS) is 11.2. The number of benzene rings is 1. The van der Waals surface area contributed by atoms with Gasteiger partial charge in [-0.3, -0.25) is 4.79 Å². The lowest BCUT2D eigenvalue weighted by atomic mass is 10.1. The minimum atomic E-state index is -4.50. The maximum atomic E-state index is 12.5. The highest BCUT2D eigenvalue weighted by Gasteiger charge is 2.30. The third-order valence-electron chi connectivity index (χ3n) is 2.33. The molecule has 0 aliphatic carbocycles. The first-order chi connectivity index (χ1) is 9.36. The molecule has 0 saturated carbocycles. The zero-order chi connectivity index (χ0) is 14.8. The summed E-state index contributed by atoms with van der Waals surface area (Å²) in [5.41, 5.74) is -1.02. The van der Waals surface area contributed by atoms with Crippen molar-refractivity contribution in [3.8, 4) is 0 Å². The molecule has 1 aromatic carbocycles. The highest BCUT2D eigenvalue weighted by atomic mass is 35.5. The molecule has 20 heavy (non-hydrogen) atoms. The van der Waals surface area contributed by atoms with Crippen LogP contribution >= 0.6 is 11.6 Å². The summed E-state index contributed by atoms with van der Waals surface area (Å²) in [4.78, 5) is 11.8. The molecular weight excluding hydrogens is 295 g/mol. The Hall–Kier alpha value is -2.15. The van der Waals surface area contributed by atoms with Crippen LogP contribution in [-0.2, 0) is 6.18 Å². The molecule has 0 bridgehead atoms. The van der Waals surface area contributed by atoms with E-state index in [2.05, 4.69) is 15.5 Å². The monoisotopic (exact) mass is 301 g/mol. The third-order valence-corrected chi connectivity index (χ3v) is 2.53. The summed E-state index contributed by atoms with van der Waals surface area (Å²) < 4.78 is 37.6. The molecule has 0 fully saturated rings. The molecule has 104 valence electrons. The Bertz CT molecular complexity index is 629. The number of carbonyl (C=O) groups excluding carboxylic acids is 1. The van der Waals surface area contributed by atoms with Gasteiger partial charge >= 0.3 is 6.18 Å². The number of carbonyl (C=O) groups is 1. The number of rotatable bonds is 2. The average molecular weight is 302 g/mol. The van der Waals surface area contributed by atoms with Gasteiger partial charge < -0.3 is 5.32 Å². The Morgan fingerprint density at radius 1 is 1.15 bits per heavy atom. The van der Waals surface area contributed by atoms with Crippen molar-refractivity contribution in [2.24, 2.45) is 0 Å². The first-order valence-electron chi connectivity index (χ1n) is 5.34. The van der Waals surface area contributed by atoms with E-state index in [0.717, 1.165) is 18.2 Å². The van der Waals surface area contributed by atoms with Gasteiger partial charge in [0.15, 0.2) is 11.0 Å². The van der Waals surface area contributed by atoms with Crippen molar-refractivity contribution < 1.29 is 18.0 Å². The van der Waals surface area contributed by atoms with Crippen LogP contribution in [0.1, 0.15) is 15.9 Å². The molecule has 0 spiro atoms. The predicted molar refractivity (Wildman–Crippen MR) is 66.4 cm³/mol. The molecule has 1 aromatic heterocycles. The first-order valence-corrected chi connectivity index (χ1v) is 5.72. The molecule has 0 unspecified atom stereocenters. The van der Waals surface area contributed by atoms with Gasteiger partial charge in [-0.2, -0.15) is 13.2 Å². The smallest absolute Gasteiger partial charge is 0.305 e. The highest BCUT2D eigenvalue weighted by Crippen LogP contribution is 2.29. The standard InChI is InChI=1S/C12H7ClF3N3O/c13-9-4-5-10(19-18-9)17-11(20)7-2-1-3-8(6-7)12(14,15)16/h1-6H,(H,17,19,20). The molecular formula is C12H7ClF3N3O. The van der Waals surface area contributed by atoms with Gasteiger partial charge in [0.05, 0.1) is 5.56 Å². The van der Waals surface area contributed by atoms with Crippen LogP contribution < -0.4 is 5.32 Å². The SMILES string of the molecule is O=C(Nc1ccc(Cl)nn1)c1cccc(C(F)(F)F)c1. The molecule has 1 heterocycles. The van der Waals surface area contributed by atoms with Crippen molar-refractivity contribution >= 4 is 23.3 Å². The van der Waals surface area contributed by atoms with Crippen LogP contribution in [0.15, 0.2) is 36.4 Å². The van der Waals surface area contributed by atoms with E-state index in [-0.39, 0.29) is 16.5 Å². The number of aromatic nitrogens is 2. The molecule has 2 rings (SSSR count). The van der Waals surface area contributed by atoms with Crippen LogP contribution in [-0.4, -0.2) is 16.1 Å². The van der Waals surface area contributed by atoms with Crippen molar-refractivity contribution in [1.82, 2.24) is 10.2 Å². The van der Waals surface area contributed by atoms with E-state index in [4.69, 9.17) is 11.6 Å². The fourth-order valence-electron chi connectivity index (χ4n) is 1.41. The van der Waals surface area contributed by atoms with Crippen LogP contribution in [0.5, 0.6) is 0 Å². The van der Waals surface area contributed by atoms with Crippen molar-refractivity contribution in [2.75, 3.05) is 5.32 Å². The fraction of sp³-hybridized carbons (Fsp3) is 0.0833. The number of nitrogens with zero attached hydrogens (tertiary/aromatic N) is 2. The summed E-state index contributed by atoms with van der Waals surface area (Å²) in [5.74, 6) is -0.621. The molecule has 1 N–H and O–H groups in total. The number of halogens is 4. The van der Waals surface area contributed by atoms with E-state index in [1.165, 1.54) is 18.2 Å². The Morgan fingerprint density at radius 3 is 2.50 bits per heavy atom. The van der Waals surface area contributed by atoms with Crippen LogP contribution in [0.2, 0.25) is 5.15 Å². The van der Waals surface area contributed by atoms with Gasteiger partial charge in [-0.1, -0.05) is 17.7 Å². The lowest BCUT2D eigenvalue weighted by Crippen LogP contribution is -2.15. The topological polar surface area (TPSA) is 54.9 Å². The summed E-state index contributed by atoms with van der Waals surface area (Å²) in [5, 5.41) is 9.55. The number of anilines is 1. The zero-order valence-corrected chi connectivity index (χ0v) is 10.5. The average Bonchev–Trinajstić information content (AvgIpc) is 2.40. The second kappa shape index (κ2) is 5.46. The largest absolute Gasteiger partial charge is 0.416 e. The van der Waals surface area contributed by atoms with Gasteiger partial charge in [-0.15, -0.1) is 10.2 Å². The van der Waals surface area contributed by atoms with Gasteiger partial charge in [0.1, 0.15) is 0 Å². The molecule has 4 nitrogen and oxygen atoms in total. The second-order valence-corrected chi connectivity index (χ2v) is 4.16. The van der Waals surface area contributed by atoms with Crippen molar-refractivity contribution in [3.63, 3.8) is 0 Å². The Morgan fingerprint density at radius 2 is 1.90 bits per heavy atom. The molecule has 0 radical (unpaired) electrons. The van der Waals surface area contributed by atoms with E-state index >= 15 is 0 Å². The van der Waals surface area contributed by atoms with Crippen LogP contribution in [0.3, 0.4) is 0 Å². The third kappa shape index (κ3) is 3.45. The minimum Gasteiger partial charge on any atom is -0.305 e. The van der Waals surface area contributed by atoms with E-state index in [0.29, 0.717) is 0 Å². The molecule has 8 heteroatoms. The molecule has 0 atom stereocenters.